The molecule has 0 radical (unpaired) electrons. The number of aryl methyl sites for hydroxylation is 1. The van der Waals surface area contributed by atoms with Crippen molar-refractivity contribution in [3.63, 3.8) is 0 Å². The minimum Gasteiger partial charge on any atom is -0.454 e. The number of amides is 2. The third kappa shape index (κ3) is 6.91. The van der Waals surface area contributed by atoms with Crippen molar-refractivity contribution in [3.8, 4) is 0 Å². The number of carbonyl (C=O) groups is 3. The van der Waals surface area contributed by atoms with Gasteiger partial charge in [0.1, 0.15) is 6.04 Å². The van der Waals surface area contributed by atoms with Crippen molar-refractivity contribution < 1.29 is 19.1 Å². The number of nitrogens with one attached hydrogen (secondary N) is 2. The second kappa shape index (κ2) is 10.6. The predicted molar refractivity (Wildman–Crippen MR) is 113 cm³/mol. The topological polar surface area (TPSA) is 84.5 Å². The van der Waals surface area contributed by atoms with E-state index in [9.17, 15) is 14.4 Å². The summed E-state index contributed by atoms with van der Waals surface area (Å²) in [5.74, 6) is -1.68. The maximum Gasteiger partial charge on any atom is 0.329 e. The minimum atomic E-state index is -0.866. The number of ether oxygens (including phenoxy) is 1. The first-order valence-corrected chi connectivity index (χ1v) is 9.77. The zero-order valence-electron chi connectivity index (χ0n) is 16.7. The molecule has 7 heteroatoms. The molecule has 2 aromatic rings. The Kier molecular flexibility index (Phi) is 8.21. The molecule has 0 spiro atoms. The fourth-order valence-electron chi connectivity index (χ4n) is 2.64. The molecule has 0 aromatic heterocycles. The van der Waals surface area contributed by atoms with Crippen molar-refractivity contribution in [3.05, 3.63) is 64.7 Å². The van der Waals surface area contributed by atoms with Gasteiger partial charge in [-0.15, -0.1) is 0 Å². The molecular formula is C22H25ClN2O4. The first-order chi connectivity index (χ1) is 13.8. The van der Waals surface area contributed by atoms with Gasteiger partial charge in [-0.25, -0.2) is 4.79 Å². The molecule has 2 rings (SSSR count). The fourth-order valence-corrected chi connectivity index (χ4v) is 2.77. The predicted octanol–water partition coefficient (Wildman–Crippen LogP) is 3.97. The highest BCUT2D eigenvalue weighted by atomic mass is 35.5. The van der Waals surface area contributed by atoms with Gasteiger partial charge in [0.15, 0.2) is 6.61 Å². The third-order valence-electron chi connectivity index (χ3n) is 4.51. The molecule has 6 nitrogen and oxygen atoms in total. The largest absolute Gasteiger partial charge is 0.454 e. The summed E-state index contributed by atoms with van der Waals surface area (Å²) in [5, 5.41) is 5.89. The summed E-state index contributed by atoms with van der Waals surface area (Å²) in [6.07, 6.45) is 0.649. The van der Waals surface area contributed by atoms with Gasteiger partial charge in [-0.2, -0.15) is 0 Å². The van der Waals surface area contributed by atoms with Crippen molar-refractivity contribution in [2.45, 2.75) is 33.2 Å². The maximum absolute atomic E-state index is 12.5. The lowest BCUT2D eigenvalue weighted by Crippen LogP contribution is -2.46. The molecule has 0 saturated carbocycles. The van der Waals surface area contributed by atoms with Crippen molar-refractivity contribution in [2.75, 3.05) is 11.9 Å². The van der Waals surface area contributed by atoms with E-state index >= 15 is 0 Å². The molecule has 0 aliphatic heterocycles. The van der Waals surface area contributed by atoms with Crippen LogP contribution in [0.4, 0.5) is 5.69 Å². The van der Waals surface area contributed by atoms with E-state index in [2.05, 4.69) is 10.6 Å². The quantitative estimate of drug-likeness (QED) is 0.637. The average molecular weight is 417 g/mol. The molecule has 0 bridgehead atoms. The molecule has 2 unspecified atom stereocenters. The van der Waals surface area contributed by atoms with Crippen LogP contribution in [0.1, 0.15) is 36.2 Å². The van der Waals surface area contributed by atoms with Crippen LogP contribution >= 0.6 is 11.6 Å². The lowest BCUT2D eigenvalue weighted by molar-refractivity contribution is -0.150. The van der Waals surface area contributed by atoms with Crippen LogP contribution in [0.5, 0.6) is 0 Å². The fraction of sp³-hybridized carbons (Fsp3) is 0.318. The number of rotatable bonds is 8. The van der Waals surface area contributed by atoms with E-state index in [1.54, 1.807) is 30.3 Å². The Morgan fingerprint density at radius 3 is 2.41 bits per heavy atom. The smallest absolute Gasteiger partial charge is 0.329 e. The van der Waals surface area contributed by atoms with Gasteiger partial charge in [0.25, 0.3) is 11.8 Å². The number of hydrogen-bond acceptors (Lipinski definition) is 4. The maximum atomic E-state index is 12.5. The highest BCUT2D eigenvalue weighted by Crippen LogP contribution is 2.14. The van der Waals surface area contributed by atoms with Gasteiger partial charge in [-0.1, -0.05) is 44.0 Å². The Labute approximate surface area is 175 Å². The number of benzene rings is 2. The number of halogens is 1. The summed E-state index contributed by atoms with van der Waals surface area (Å²) in [5.41, 5.74) is 2.01. The van der Waals surface area contributed by atoms with Crippen LogP contribution in [-0.4, -0.2) is 30.4 Å². The molecule has 0 heterocycles. The van der Waals surface area contributed by atoms with Crippen LogP contribution in [-0.2, 0) is 14.3 Å². The molecule has 154 valence electrons. The Morgan fingerprint density at radius 2 is 1.79 bits per heavy atom. The molecule has 29 heavy (non-hydrogen) atoms. The zero-order chi connectivity index (χ0) is 21.4. The normalized spacial score (nSPS) is 12.6. The first-order valence-electron chi connectivity index (χ1n) is 9.39. The van der Waals surface area contributed by atoms with Crippen molar-refractivity contribution in [1.29, 1.82) is 0 Å². The molecule has 2 N–H and O–H groups in total. The lowest BCUT2D eigenvalue weighted by atomic mass is 9.99. The van der Waals surface area contributed by atoms with Gasteiger partial charge in [0.05, 0.1) is 0 Å². The van der Waals surface area contributed by atoms with Gasteiger partial charge in [0, 0.05) is 16.3 Å². The number of hydrogen-bond donors (Lipinski definition) is 2. The molecule has 0 aliphatic carbocycles. The highest BCUT2D eigenvalue weighted by Gasteiger charge is 2.28. The van der Waals surface area contributed by atoms with E-state index in [-0.39, 0.29) is 5.92 Å². The Bertz CT molecular complexity index is 867. The third-order valence-corrected chi connectivity index (χ3v) is 4.76. The molecule has 0 saturated heterocycles. The van der Waals surface area contributed by atoms with E-state index in [0.717, 1.165) is 5.56 Å². The van der Waals surface area contributed by atoms with Gasteiger partial charge < -0.3 is 15.4 Å². The second-order valence-electron chi connectivity index (χ2n) is 6.87. The number of esters is 1. The minimum absolute atomic E-state index is 0.168. The standard InChI is InChI=1S/C22H25ClN2O4/c1-4-15(3)20(25-21(27)16-8-10-17(23)11-9-16)22(28)29-13-19(26)24-18-7-5-6-14(2)12-18/h5-12,15,20H,4,13H2,1-3H3,(H,24,26)(H,25,27). The molecule has 2 aromatic carbocycles. The molecular weight excluding hydrogens is 392 g/mol. The second-order valence-corrected chi connectivity index (χ2v) is 7.31. The Morgan fingerprint density at radius 1 is 1.10 bits per heavy atom. The molecule has 2 amide bonds. The molecule has 0 aliphatic rings. The lowest BCUT2D eigenvalue weighted by Gasteiger charge is -2.22. The van der Waals surface area contributed by atoms with Crippen molar-refractivity contribution in [1.82, 2.24) is 5.32 Å². The Hall–Kier alpha value is -2.86. The van der Waals surface area contributed by atoms with E-state index in [1.165, 1.54) is 0 Å². The first kappa shape index (κ1) is 22.4. The van der Waals surface area contributed by atoms with E-state index in [1.807, 2.05) is 39.0 Å². The van der Waals surface area contributed by atoms with Crippen molar-refractivity contribution in [2.24, 2.45) is 5.92 Å². The van der Waals surface area contributed by atoms with E-state index < -0.39 is 30.4 Å². The average Bonchev–Trinajstić information content (AvgIpc) is 2.70. The van der Waals surface area contributed by atoms with Crippen LogP contribution in [0.2, 0.25) is 5.02 Å². The number of carbonyl (C=O) groups excluding carboxylic acids is 3. The van der Waals surface area contributed by atoms with Crippen molar-refractivity contribution >= 4 is 35.1 Å². The van der Waals surface area contributed by atoms with E-state index in [4.69, 9.17) is 16.3 Å². The highest BCUT2D eigenvalue weighted by molar-refractivity contribution is 6.30. The summed E-state index contributed by atoms with van der Waals surface area (Å²) < 4.78 is 5.16. The van der Waals surface area contributed by atoms with Crippen LogP contribution in [0, 0.1) is 12.8 Å². The Balaban J connectivity index is 1.96. The summed E-state index contributed by atoms with van der Waals surface area (Å²) in [6, 6.07) is 12.8. The van der Waals surface area contributed by atoms with Gasteiger partial charge in [-0.05, 0) is 54.8 Å². The van der Waals surface area contributed by atoms with Crippen LogP contribution < -0.4 is 10.6 Å². The monoisotopic (exact) mass is 416 g/mol. The van der Waals surface area contributed by atoms with Crippen LogP contribution in [0.25, 0.3) is 0 Å². The van der Waals surface area contributed by atoms with Crippen LogP contribution in [0.3, 0.4) is 0 Å². The zero-order valence-corrected chi connectivity index (χ0v) is 17.5. The number of anilines is 1. The van der Waals surface area contributed by atoms with Gasteiger partial charge in [0.2, 0.25) is 0 Å². The SMILES string of the molecule is CCC(C)C(NC(=O)c1ccc(Cl)cc1)C(=O)OCC(=O)Nc1cccc(C)c1. The van der Waals surface area contributed by atoms with E-state index in [0.29, 0.717) is 22.7 Å². The molecule has 0 fully saturated rings. The summed E-state index contributed by atoms with van der Waals surface area (Å²) in [6.45, 7) is 5.22. The van der Waals surface area contributed by atoms with Gasteiger partial charge >= 0.3 is 5.97 Å². The van der Waals surface area contributed by atoms with Gasteiger partial charge in [-0.3, -0.25) is 9.59 Å². The van der Waals surface area contributed by atoms with Crippen LogP contribution in [0.15, 0.2) is 48.5 Å². The molecule has 2 atom stereocenters. The summed E-state index contributed by atoms with van der Waals surface area (Å²) in [4.78, 5) is 37.1. The summed E-state index contributed by atoms with van der Waals surface area (Å²) >= 11 is 5.84. The summed E-state index contributed by atoms with van der Waals surface area (Å²) in [7, 11) is 0.